The fourth-order valence-electron chi connectivity index (χ4n) is 1.54. The number of carbonyl (C=O) groups excluding carboxylic acids is 1. The van der Waals surface area contributed by atoms with Crippen LogP contribution in [0.15, 0.2) is 23.1 Å². The Kier molecular flexibility index (Phi) is 2.88. The van der Waals surface area contributed by atoms with Crippen molar-refractivity contribution in [2.45, 2.75) is 4.90 Å². The first-order valence-corrected chi connectivity index (χ1v) is 6.89. The van der Waals surface area contributed by atoms with E-state index in [1.807, 2.05) is 0 Å². The van der Waals surface area contributed by atoms with Crippen LogP contribution in [-0.2, 0) is 18.6 Å². The second-order valence-electron chi connectivity index (χ2n) is 3.43. The lowest BCUT2D eigenvalue weighted by atomic mass is 10.1. The molecule has 93 valence electrons. The molecule has 0 atom stereocenters. The molecule has 0 spiro atoms. The molecule has 0 fully saturated rings. The Labute approximate surface area is 106 Å². The number of halogens is 1. The van der Waals surface area contributed by atoms with Gasteiger partial charge in [-0.25, -0.2) is 18.5 Å². The summed E-state index contributed by atoms with van der Waals surface area (Å²) >= 11 is 0. The summed E-state index contributed by atoms with van der Waals surface area (Å²) in [5.41, 5.74) is -0.494. The molecule has 1 N–H and O–H groups in total. The number of hydrogen-bond acceptors (Lipinski definition) is 4. The van der Waals surface area contributed by atoms with E-state index in [4.69, 9.17) is 15.8 Å². The summed E-state index contributed by atoms with van der Waals surface area (Å²) in [6.45, 7) is 0. The normalized spacial score (nSPS) is 14.5. The molecule has 6 nitrogen and oxygen atoms in total. The fraction of sp³-hybridized carbons (Fsp3) is 0. The third-order valence-corrected chi connectivity index (χ3v) is 3.67. The van der Waals surface area contributed by atoms with Gasteiger partial charge in [0, 0.05) is 27.3 Å². The number of hydrogen-bond donors (Lipinski definition) is 1. The van der Waals surface area contributed by atoms with Crippen molar-refractivity contribution in [3.05, 3.63) is 28.6 Å². The van der Waals surface area contributed by atoms with Crippen molar-refractivity contribution in [1.29, 1.82) is 0 Å². The lowest BCUT2D eigenvalue weighted by Crippen LogP contribution is -2.40. The standard InChI is InChI=1S/C10H5ClNO5S/c11-18(16,17)6-1-2-7-5(3-6)4-12-9(13)8(7)10(14)15/h1-4H,(H,14,15). The predicted octanol–water partition coefficient (Wildman–Crippen LogP) is -1.27. The monoisotopic (exact) mass is 286 g/mol. The SMILES string of the molecule is O=C(O)C1=c2ccc(S(=O)(=O)Cl)cc2=C[N]C1=O. The largest absolute Gasteiger partial charge is 0.477 e. The van der Waals surface area contributed by atoms with E-state index in [0.29, 0.717) is 0 Å². The fourth-order valence-corrected chi connectivity index (χ4v) is 2.33. The number of fused-ring (bicyclic) bond motifs is 1. The maximum absolute atomic E-state index is 11.3. The van der Waals surface area contributed by atoms with Crippen molar-refractivity contribution < 1.29 is 23.1 Å². The number of aliphatic carboxylic acids is 1. The van der Waals surface area contributed by atoms with Crippen LogP contribution >= 0.6 is 10.7 Å². The lowest BCUT2D eigenvalue weighted by Gasteiger charge is -2.06. The highest BCUT2D eigenvalue weighted by Crippen LogP contribution is 2.11. The molecule has 1 aromatic rings. The van der Waals surface area contributed by atoms with Crippen molar-refractivity contribution in [2.24, 2.45) is 0 Å². The Balaban J connectivity index is 2.87. The summed E-state index contributed by atoms with van der Waals surface area (Å²) in [5, 5.41) is 12.6. The van der Waals surface area contributed by atoms with Gasteiger partial charge in [-0.05, 0) is 12.1 Å². The van der Waals surface area contributed by atoms with Gasteiger partial charge in [0.2, 0.25) is 0 Å². The molecule has 2 rings (SSSR count). The first kappa shape index (κ1) is 12.6. The highest BCUT2D eigenvalue weighted by molar-refractivity contribution is 8.13. The molecule has 1 aliphatic rings. The molecule has 0 saturated carbocycles. The molecule has 1 radical (unpaired) electrons. The van der Waals surface area contributed by atoms with Gasteiger partial charge in [0.1, 0.15) is 5.57 Å². The first-order chi connectivity index (χ1) is 8.30. The molecule has 8 heteroatoms. The van der Waals surface area contributed by atoms with Gasteiger partial charge in [0.25, 0.3) is 15.0 Å². The molecule has 0 unspecified atom stereocenters. The van der Waals surface area contributed by atoms with Crippen LogP contribution in [0.3, 0.4) is 0 Å². The number of carboxylic acid groups (broad SMARTS) is 1. The van der Waals surface area contributed by atoms with Crippen molar-refractivity contribution in [3.8, 4) is 0 Å². The van der Waals surface area contributed by atoms with E-state index in [2.05, 4.69) is 5.32 Å². The lowest BCUT2D eigenvalue weighted by molar-refractivity contribution is -0.132. The van der Waals surface area contributed by atoms with E-state index in [1.165, 1.54) is 6.07 Å². The number of benzene rings is 1. The Hall–Kier alpha value is -1.86. The Bertz CT molecular complexity index is 781. The summed E-state index contributed by atoms with van der Waals surface area (Å²) in [4.78, 5) is 22.1. The van der Waals surface area contributed by atoms with Crippen LogP contribution < -0.4 is 15.8 Å². The second kappa shape index (κ2) is 4.11. The number of rotatable bonds is 2. The van der Waals surface area contributed by atoms with E-state index in [-0.39, 0.29) is 15.3 Å². The number of amides is 1. The molecule has 1 aromatic carbocycles. The van der Waals surface area contributed by atoms with Gasteiger partial charge in [-0.1, -0.05) is 6.07 Å². The zero-order valence-electron chi connectivity index (χ0n) is 8.62. The second-order valence-corrected chi connectivity index (χ2v) is 6.00. The van der Waals surface area contributed by atoms with Crippen molar-refractivity contribution in [3.63, 3.8) is 0 Å². The van der Waals surface area contributed by atoms with E-state index in [0.717, 1.165) is 18.3 Å². The minimum Gasteiger partial charge on any atom is -0.477 e. The van der Waals surface area contributed by atoms with Gasteiger partial charge in [-0.2, -0.15) is 0 Å². The van der Waals surface area contributed by atoms with E-state index >= 15 is 0 Å². The molecular weight excluding hydrogens is 282 g/mol. The van der Waals surface area contributed by atoms with E-state index in [9.17, 15) is 18.0 Å². The third-order valence-electron chi connectivity index (χ3n) is 2.32. The summed E-state index contributed by atoms with van der Waals surface area (Å²) in [6.07, 6.45) is 1.11. The van der Waals surface area contributed by atoms with Gasteiger partial charge in [0.05, 0.1) is 4.90 Å². The summed E-state index contributed by atoms with van der Waals surface area (Å²) in [5.74, 6) is -2.30. The molecule has 0 bridgehead atoms. The highest BCUT2D eigenvalue weighted by atomic mass is 35.7. The van der Waals surface area contributed by atoms with Crippen molar-refractivity contribution in [1.82, 2.24) is 5.32 Å². The minimum atomic E-state index is -3.92. The average molecular weight is 287 g/mol. The Morgan fingerprint density at radius 1 is 1.33 bits per heavy atom. The Morgan fingerprint density at radius 2 is 2.00 bits per heavy atom. The van der Waals surface area contributed by atoms with E-state index in [1.54, 1.807) is 0 Å². The van der Waals surface area contributed by atoms with Gasteiger partial charge in [-0.3, -0.25) is 4.79 Å². The molecule has 18 heavy (non-hydrogen) atoms. The zero-order chi connectivity index (χ0) is 13.5. The smallest absolute Gasteiger partial charge is 0.342 e. The van der Waals surface area contributed by atoms with Crippen molar-refractivity contribution in [2.75, 3.05) is 0 Å². The highest BCUT2D eigenvalue weighted by Gasteiger charge is 2.22. The van der Waals surface area contributed by atoms with Gasteiger partial charge in [-0.15, -0.1) is 0 Å². The number of carboxylic acids is 1. The zero-order valence-corrected chi connectivity index (χ0v) is 10.2. The van der Waals surface area contributed by atoms with Crippen molar-refractivity contribution >= 4 is 43.4 Å². The summed E-state index contributed by atoms with van der Waals surface area (Å²) < 4.78 is 22.3. The van der Waals surface area contributed by atoms with Gasteiger partial charge < -0.3 is 5.11 Å². The minimum absolute atomic E-state index is 0.117. The molecule has 1 heterocycles. The average Bonchev–Trinajstić information content (AvgIpc) is 2.26. The molecule has 1 aliphatic heterocycles. The predicted molar refractivity (Wildman–Crippen MR) is 61.4 cm³/mol. The quantitative estimate of drug-likeness (QED) is 0.683. The topological polar surface area (TPSA) is 103 Å². The number of carbonyl (C=O) groups is 2. The van der Waals surface area contributed by atoms with Crippen LogP contribution in [0.1, 0.15) is 0 Å². The summed E-state index contributed by atoms with van der Waals surface area (Å²) in [7, 11) is 1.25. The maximum atomic E-state index is 11.3. The molecular formula is C10H5ClNO5S. The van der Waals surface area contributed by atoms with E-state index < -0.39 is 26.5 Å². The molecule has 1 amide bonds. The molecule has 0 aromatic heterocycles. The molecule has 0 saturated heterocycles. The maximum Gasteiger partial charge on any atom is 0.342 e. The van der Waals surface area contributed by atoms with Crippen LogP contribution in [0.2, 0.25) is 0 Å². The summed E-state index contributed by atoms with van der Waals surface area (Å²) in [6, 6.07) is 3.52. The van der Waals surface area contributed by atoms with Crippen LogP contribution in [0.25, 0.3) is 11.8 Å². The third kappa shape index (κ3) is 2.09. The molecule has 0 aliphatic carbocycles. The number of nitrogens with zero attached hydrogens (tertiary/aromatic N) is 1. The van der Waals surface area contributed by atoms with Crippen LogP contribution in [0.5, 0.6) is 0 Å². The van der Waals surface area contributed by atoms with Crippen LogP contribution in [0, 0.1) is 0 Å². The Morgan fingerprint density at radius 3 is 2.56 bits per heavy atom. The van der Waals surface area contributed by atoms with Crippen LogP contribution in [0.4, 0.5) is 0 Å². The van der Waals surface area contributed by atoms with Crippen LogP contribution in [-0.4, -0.2) is 25.4 Å². The first-order valence-electron chi connectivity index (χ1n) is 4.58. The van der Waals surface area contributed by atoms with Gasteiger partial charge in [0.15, 0.2) is 0 Å². The van der Waals surface area contributed by atoms with Gasteiger partial charge >= 0.3 is 5.97 Å².